The van der Waals surface area contributed by atoms with Gasteiger partial charge >= 0.3 is 0 Å². The summed E-state index contributed by atoms with van der Waals surface area (Å²) in [6, 6.07) is 8.75. The summed E-state index contributed by atoms with van der Waals surface area (Å²) in [7, 11) is 1.66. The minimum atomic E-state index is -1.13. The van der Waals surface area contributed by atoms with Crippen molar-refractivity contribution < 1.29 is 19.1 Å². The molecule has 1 aromatic carbocycles. The van der Waals surface area contributed by atoms with Crippen molar-refractivity contribution in [1.29, 1.82) is 0 Å². The third-order valence-electron chi connectivity index (χ3n) is 4.91. The monoisotopic (exact) mass is 449 g/mol. The quantitative estimate of drug-likeness (QED) is 0.760. The van der Waals surface area contributed by atoms with Gasteiger partial charge in [-0.05, 0) is 56.7 Å². The number of benzene rings is 1. The topological polar surface area (TPSA) is 79.0 Å². The Morgan fingerprint density at radius 2 is 2.00 bits per heavy atom. The van der Waals surface area contributed by atoms with Crippen LogP contribution in [0.4, 0.5) is 11.4 Å². The lowest BCUT2D eigenvalue weighted by Crippen LogP contribution is -2.55. The van der Waals surface area contributed by atoms with Gasteiger partial charge in [-0.3, -0.25) is 14.4 Å². The maximum Gasteiger partial charge on any atom is 0.262 e. The molecule has 1 fully saturated rings. The molecule has 1 saturated heterocycles. The molecule has 3 rings (SSSR count). The number of ether oxygens (including phenoxy) is 1. The molecule has 3 amide bonds. The van der Waals surface area contributed by atoms with Gasteiger partial charge < -0.3 is 19.9 Å². The van der Waals surface area contributed by atoms with Crippen LogP contribution in [0.1, 0.15) is 29.1 Å². The summed E-state index contributed by atoms with van der Waals surface area (Å²) >= 11 is 7.05. The van der Waals surface area contributed by atoms with E-state index in [0.717, 1.165) is 22.6 Å². The fourth-order valence-electron chi connectivity index (χ4n) is 3.30. The van der Waals surface area contributed by atoms with E-state index in [1.54, 1.807) is 44.0 Å². The van der Waals surface area contributed by atoms with Crippen LogP contribution in [0.25, 0.3) is 0 Å². The van der Waals surface area contributed by atoms with E-state index in [1.165, 1.54) is 4.90 Å². The number of amides is 3. The van der Waals surface area contributed by atoms with Gasteiger partial charge in [0.2, 0.25) is 0 Å². The number of aryl methyl sites for hydroxylation is 1. The van der Waals surface area contributed by atoms with E-state index in [2.05, 4.69) is 5.32 Å². The Morgan fingerprint density at radius 1 is 1.27 bits per heavy atom. The first kappa shape index (κ1) is 22.3. The minimum Gasteiger partial charge on any atom is -0.370 e. The summed E-state index contributed by atoms with van der Waals surface area (Å²) in [5.74, 6) is -0.705. The molecule has 0 bridgehead atoms. The highest BCUT2D eigenvalue weighted by molar-refractivity contribution is 7.18. The summed E-state index contributed by atoms with van der Waals surface area (Å²) in [5, 5.41) is 2.77. The molecule has 1 aliphatic heterocycles. The maximum absolute atomic E-state index is 13.1. The largest absolute Gasteiger partial charge is 0.370 e. The molecule has 9 heteroatoms. The van der Waals surface area contributed by atoms with E-state index in [1.807, 2.05) is 19.1 Å². The molecule has 30 heavy (non-hydrogen) atoms. The second-order valence-electron chi connectivity index (χ2n) is 7.62. The lowest BCUT2D eigenvalue weighted by Gasteiger charge is -2.31. The number of carbonyl (C=O) groups excluding carboxylic acids is 3. The zero-order valence-electron chi connectivity index (χ0n) is 17.3. The summed E-state index contributed by atoms with van der Waals surface area (Å²) < 4.78 is 5.69. The van der Waals surface area contributed by atoms with Crippen LogP contribution in [0.5, 0.6) is 0 Å². The predicted octanol–water partition coefficient (Wildman–Crippen LogP) is 3.24. The molecule has 0 unspecified atom stereocenters. The summed E-state index contributed by atoms with van der Waals surface area (Å²) in [5.41, 5.74) is 1.21. The van der Waals surface area contributed by atoms with Crippen LogP contribution in [0.2, 0.25) is 4.34 Å². The predicted molar refractivity (Wildman–Crippen MR) is 119 cm³/mol. The van der Waals surface area contributed by atoms with Crippen molar-refractivity contribution in [3.8, 4) is 0 Å². The third kappa shape index (κ3) is 4.66. The maximum atomic E-state index is 13.1. The number of hydrogen-bond donors (Lipinski definition) is 1. The number of nitrogens with zero attached hydrogens (tertiary/aromatic N) is 2. The summed E-state index contributed by atoms with van der Waals surface area (Å²) in [6.07, 6.45) is 0. The van der Waals surface area contributed by atoms with Crippen molar-refractivity contribution >= 4 is 52.0 Å². The highest BCUT2D eigenvalue weighted by Crippen LogP contribution is 2.28. The molecule has 0 saturated carbocycles. The van der Waals surface area contributed by atoms with E-state index in [9.17, 15) is 14.4 Å². The number of hydrogen-bond acceptors (Lipinski definition) is 5. The molecule has 2 aromatic rings. The van der Waals surface area contributed by atoms with Crippen molar-refractivity contribution in [2.45, 2.75) is 26.3 Å². The van der Waals surface area contributed by atoms with Crippen LogP contribution in [0.15, 0.2) is 30.3 Å². The standard InChI is InChI=1S/C21H24ClN3O4S/c1-13-11-14(5-6-15(13)25-9-10-29-12-18(25)26)24(4)20(28)21(2,3)23-19(27)16-7-8-17(22)30-16/h5-8,11H,9-10,12H2,1-4H3,(H,23,27). The zero-order chi connectivity index (χ0) is 22.1. The van der Waals surface area contributed by atoms with Crippen LogP contribution >= 0.6 is 22.9 Å². The van der Waals surface area contributed by atoms with Crippen molar-refractivity contribution in [3.63, 3.8) is 0 Å². The number of thiophene rings is 1. The molecule has 0 atom stereocenters. The summed E-state index contributed by atoms with van der Waals surface area (Å²) in [6.45, 7) is 6.28. The fourth-order valence-corrected chi connectivity index (χ4v) is 4.23. The molecular weight excluding hydrogens is 426 g/mol. The summed E-state index contributed by atoms with van der Waals surface area (Å²) in [4.78, 5) is 41.3. The molecule has 0 aliphatic carbocycles. The molecule has 1 aromatic heterocycles. The van der Waals surface area contributed by atoms with Crippen LogP contribution in [0, 0.1) is 6.92 Å². The second-order valence-corrected chi connectivity index (χ2v) is 9.33. The van der Waals surface area contributed by atoms with Crippen LogP contribution in [-0.2, 0) is 14.3 Å². The highest BCUT2D eigenvalue weighted by atomic mass is 35.5. The van der Waals surface area contributed by atoms with E-state index in [4.69, 9.17) is 16.3 Å². The highest BCUT2D eigenvalue weighted by Gasteiger charge is 2.33. The zero-order valence-corrected chi connectivity index (χ0v) is 18.9. The Kier molecular flexibility index (Phi) is 6.50. The average Bonchev–Trinajstić information content (AvgIpc) is 3.14. The normalized spacial score (nSPS) is 14.6. The SMILES string of the molecule is Cc1cc(N(C)C(=O)C(C)(C)NC(=O)c2ccc(Cl)s2)ccc1N1CCOCC1=O. The number of rotatable bonds is 5. The van der Waals surface area contributed by atoms with Crippen LogP contribution in [0.3, 0.4) is 0 Å². The number of likely N-dealkylation sites (N-methyl/N-ethyl adjacent to an activating group) is 1. The van der Waals surface area contributed by atoms with Crippen LogP contribution < -0.4 is 15.1 Å². The van der Waals surface area contributed by atoms with Crippen molar-refractivity contribution in [2.75, 3.05) is 36.6 Å². The number of morpholine rings is 1. The van der Waals surface area contributed by atoms with Gasteiger partial charge in [-0.15, -0.1) is 11.3 Å². The fraction of sp³-hybridized carbons (Fsp3) is 0.381. The van der Waals surface area contributed by atoms with Gasteiger partial charge in [0.05, 0.1) is 15.8 Å². The van der Waals surface area contributed by atoms with Crippen LogP contribution in [-0.4, -0.2) is 50.1 Å². The van der Waals surface area contributed by atoms with Gasteiger partial charge in [-0.2, -0.15) is 0 Å². The number of anilines is 2. The van der Waals surface area contributed by atoms with Crippen molar-refractivity contribution in [2.24, 2.45) is 0 Å². The van der Waals surface area contributed by atoms with Crippen molar-refractivity contribution in [3.05, 3.63) is 45.1 Å². The van der Waals surface area contributed by atoms with Gasteiger partial charge in [0.25, 0.3) is 17.7 Å². The molecule has 2 heterocycles. The van der Waals surface area contributed by atoms with E-state index >= 15 is 0 Å². The number of halogens is 1. The Labute approximate surface area is 184 Å². The average molecular weight is 450 g/mol. The van der Waals surface area contributed by atoms with Gasteiger partial charge in [0.1, 0.15) is 12.1 Å². The first-order valence-electron chi connectivity index (χ1n) is 9.45. The molecule has 160 valence electrons. The first-order valence-corrected chi connectivity index (χ1v) is 10.6. The molecular formula is C21H24ClN3O4S. The Hall–Kier alpha value is -2.42. The van der Waals surface area contributed by atoms with Crippen molar-refractivity contribution in [1.82, 2.24) is 5.32 Å². The number of carbonyl (C=O) groups is 3. The molecule has 1 aliphatic rings. The van der Waals surface area contributed by atoms with E-state index in [-0.39, 0.29) is 24.3 Å². The van der Waals surface area contributed by atoms with E-state index < -0.39 is 5.54 Å². The third-order valence-corrected chi connectivity index (χ3v) is 6.14. The lowest BCUT2D eigenvalue weighted by molar-refractivity contribution is -0.125. The van der Waals surface area contributed by atoms with Gasteiger partial charge in [0, 0.05) is 25.0 Å². The molecule has 7 nitrogen and oxygen atoms in total. The molecule has 0 spiro atoms. The van der Waals surface area contributed by atoms with E-state index in [0.29, 0.717) is 28.1 Å². The van der Waals surface area contributed by atoms with Gasteiger partial charge in [0.15, 0.2) is 0 Å². The molecule has 0 radical (unpaired) electrons. The Balaban J connectivity index is 1.75. The Bertz CT molecular complexity index is 988. The Morgan fingerprint density at radius 3 is 2.60 bits per heavy atom. The number of nitrogens with one attached hydrogen (secondary N) is 1. The van der Waals surface area contributed by atoms with Gasteiger partial charge in [-0.1, -0.05) is 11.6 Å². The minimum absolute atomic E-state index is 0.0723. The van der Waals surface area contributed by atoms with Gasteiger partial charge in [-0.25, -0.2) is 0 Å². The lowest BCUT2D eigenvalue weighted by atomic mass is 10.0. The smallest absolute Gasteiger partial charge is 0.262 e. The first-order chi connectivity index (χ1) is 14.1. The molecule has 1 N–H and O–H groups in total. The second kappa shape index (κ2) is 8.75.